The number of hydrogen-bond acceptors (Lipinski definition) is 7. The van der Waals surface area contributed by atoms with Crippen molar-refractivity contribution < 1.29 is 9.84 Å². The predicted molar refractivity (Wildman–Crippen MR) is 127 cm³/mol. The zero-order valence-electron chi connectivity index (χ0n) is 18.5. The van der Waals surface area contributed by atoms with E-state index in [0.29, 0.717) is 5.82 Å². The molecule has 0 bridgehead atoms. The molecule has 5 rings (SSSR count). The standard InChI is InChI=1S/C24H27N5O2S/c1-16-5-4-6-18(15-16)21(22-23(30)29-24(32-22)25-17(2)26-29)28-13-11-27(12-14-28)19-7-9-20(31-3)10-8-19/h4-10,15,21,30H,11-14H2,1-3H3/t21-/m1/s1. The number of methoxy groups -OCH3 is 1. The van der Waals surface area contributed by atoms with E-state index in [1.165, 1.54) is 28.2 Å². The molecule has 0 unspecified atom stereocenters. The van der Waals surface area contributed by atoms with Gasteiger partial charge < -0.3 is 14.7 Å². The quantitative estimate of drug-likeness (QED) is 0.496. The van der Waals surface area contributed by atoms with Crippen molar-refractivity contribution in [3.05, 3.63) is 70.4 Å². The first-order valence-corrected chi connectivity index (χ1v) is 11.6. The maximum absolute atomic E-state index is 11.0. The Bertz CT molecular complexity index is 1230. The number of aryl methyl sites for hydroxylation is 2. The number of benzene rings is 2. The molecule has 0 spiro atoms. The molecule has 4 aromatic rings. The number of hydrogen-bond donors (Lipinski definition) is 1. The number of ether oxygens (including phenoxy) is 1. The van der Waals surface area contributed by atoms with Gasteiger partial charge in [-0.2, -0.15) is 4.52 Å². The average Bonchev–Trinajstić information content (AvgIpc) is 3.31. The van der Waals surface area contributed by atoms with E-state index in [2.05, 4.69) is 63.2 Å². The van der Waals surface area contributed by atoms with E-state index in [-0.39, 0.29) is 11.9 Å². The number of aromatic hydroxyl groups is 1. The zero-order valence-corrected chi connectivity index (χ0v) is 19.3. The van der Waals surface area contributed by atoms with Gasteiger partial charge in [-0.05, 0) is 43.7 Å². The Morgan fingerprint density at radius 3 is 2.44 bits per heavy atom. The maximum Gasteiger partial charge on any atom is 0.230 e. The number of rotatable bonds is 5. The van der Waals surface area contributed by atoms with Crippen molar-refractivity contribution in [1.82, 2.24) is 19.5 Å². The van der Waals surface area contributed by atoms with Gasteiger partial charge in [0.15, 0.2) is 0 Å². The number of piperazine rings is 1. The third kappa shape index (κ3) is 3.80. The minimum Gasteiger partial charge on any atom is -0.497 e. The third-order valence-corrected chi connectivity index (χ3v) is 7.10. The normalized spacial score (nSPS) is 15.9. The monoisotopic (exact) mass is 449 g/mol. The summed E-state index contributed by atoms with van der Waals surface area (Å²) in [6.45, 7) is 7.54. The zero-order chi connectivity index (χ0) is 22.2. The van der Waals surface area contributed by atoms with Crippen LogP contribution in [0, 0.1) is 13.8 Å². The van der Waals surface area contributed by atoms with Gasteiger partial charge in [0, 0.05) is 31.9 Å². The van der Waals surface area contributed by atoms with Crippen molar-refractivity contribution in [2.24, 2.45) is 0 Å². The number of nitrogens with zero attached hydrogens (tertiary/aromatic N) is 5. The highest BCUT2D eigenvalue weighted by atomic mass is 32.1. The lowest BCUT2D eigenvalue weighted by Crippen LogP contribution is -2.47. The van der Waals surface area contributed by atoms with Gasteiger partial charge in [0.25, 0.3) is 0 Å². The van der Waals surface area contributed by atoms with E-state index in [1.807, 2.05) is 19.1 Å². The molecule has 1 aliphatic heterocycles. The summed E-state index contributed by atoms with van der Waals surface area (Å²) in [6.07, 6.45) is 0. The topological polar surface area (TPSA) is 66.1 Å². The third-order valence-electron chi connectivity index (χ3n) is 6.03. The van der Waals surface area contributed by atoms with Crippen molar-refractivity contribution in [2.75, 3.05) is 38.2 Å². The fourth-order valence-corrected chi connectivity index (χ4v) is 5.59. The molecule has 2 aromatic heterocycles. The van der Waals surface area contributed by atoms with Crippen LogP contribution in [0.5, 0.6) is 11.6 Å². The van der Waals surface area contributed by atoms with Gasteiger partial charge >= 0.3 is 0 Å². The van der Waals surface area contributed by atoms with Crippen molar-refractivity contribution in [3.63, 3.8) is 0 Å². The van der Waals surface area contributed by atoms with Gasteiger partial charge in [-0.3, -0.25) is 4.90 Å². The molecule has 0 radical (unpaired) electrons. The Labute approximate surface area is 191 Å². The maximum atomic E-state index is 11.0. The van der Waals surface area contributed by atoms with E-state index >= 15 is 0 Å². The first kappa shape index (κ1) is 20.8. The molecule has 1 N–H and O–H groups in total. The smallest absolute Gasteiger partial charge is 0.230 e. The van der Waals surface area contributed by atoms with Gasteiger partial charge in [-0.15, -0.1) is 5.10 Å². The number of thiazole rings is 1. The summed E-state index contributed by atoms with van der Waals surface area (Å²) in [6, 6.07) is 16.7. The van der Waals surface area contributed by atoms with Crippen molar-refractivity contribution in [1.29, 1.82) is 0 Å². The molecule has 32 heavy (non-hydrogen) atoms. The second-order valence-corrected chi connectivity index (χ2v) is 9.19. The molecule has 1 saturated heterocycles. The number of aromatic nitrogens is 3. The fraction of sp³-hybridized carbons (Fsp3) is 0.333. The summed E-state index contributed by atoms with van der Waals surface area (Å²) < 4.78 is 6.85. The summed E-state index contributed by atoms with van der Waals surface area (Å²) in [4.78, 5) is 10.9. The van der Waals surface area contributed by atoms with Gasteiger partial charge in [0.2, 0.25) is 10.8 Å². The Balaban J connectivity index is 1.44. The van der Waals surface area contributed by atoms with E-state index in [4.69, 9.17) is 4.74 Å². The summed E-state index contributed by atoms with van der Waals surface area (Å²) >= 11 is 1.52. The van der Waals surface area contributed by atoms with Crippen molar-refractivity contribution in [2.45, 2.75) is 19.9 Å². The first-order chi connectivity index (χ1) is 15.5. The lowest BCUT2D eigenvalue weighted by atomic mass is 10.0. The summed E-state index contributed by atoms with van der Waals surface area (Å²) in [5.41, 5.74) is 3.59. The second kappa shape index (κ2) is 8.44. The summed E-state index contributed by atoms with van der Waals surface area (Å²) in [5.74, 6) is 1.72. The second-order valence-electron chi connectivity index (χ2n) is 8.18. The van der Waals surface area contributed by atoms with Crippen LogP contribution in [0.15, 0.2) is 48.5 Å². The van der Waals surface area contributed by atoms with Gasteiger partial charge in [-0.1, -0.05) is 41.2 Å². The molecule has 2 aromatic carbocycles. The van der Waals surface area contributed by atoms with Crippen LogP contribution in [0.1, 0.15) is 27.9 Å². The Morgan fingerprint density at radius 1 is 1.03 bits per heavy atom. The van der Waals surface area contributed by atoms with Crippen LogP contribution < -0.4 is 9.64 Å². The molecular formula is C24H27N5O2S. The Kier molecular flexibility index (Phi) is 5.48. The number of anilines is 1. The van der Waals surface area contributed by atoms with Gasteiger partial charge in [-0.25, -0.2) is 4.98 Å². The largest absolute Gasteiger partial charge is 0.497 e. The van der Waals surface area contributed by atoms with Crippen molar-refractivity contribution >= 4 is 22.0 Å². The van der Waals surface area contributed by atoms with E-state index < -0.39 is 0 Å². The molecule has 7 nitrogen and oxygen atoms in total. The number of fused-ring (bicyclic) bond motifs is 1. The molecule has 0 amide bonds. The SMILES string of the molecule is COc1ccc(N2CCN([C@H](c3cccc(C)c3)c3sc4nc(C)nn4c3O)CC2)cc1. The van der Waals surface area contributed by atoms with Crippen LogP contribution in [0.25, 0.3) is 4.96 Å². The minimum absolute atomic E-state index is 0.0401. The van der Waals surface area contributed by atoms with E-state index in [1.54, 1.807) is 11.6 Å². The molecule has 8 heteroatoms. The highest BCUT2D eigenvalue weighted by Crippen LogP contribution is 2.40. The molecule has 1 aliphatic rings. The van der Waals surface area contributed by atoms with Crippen LogP contribution in [0.4, 0.5) is 5.69 Å². The van der Waals surface area contributed by atoms with Crippen molar-refractivity contribution in [3.8, 4) is 11.6 Å². The van der Waals surface area contributed by atoms with Crippen LogP contribution in [-0.4, -0.2) is 57.9 Å². The van der Waals surface area contributed by atoms with E-state index in [9.17, 15) is 5.11 Å². The predicted octanol–water partition coefficient (Wildman–Crippen LogP) is 4.03. The van der Waals surface area contributed by atoms with Gasteiger partial charge in [0.1, 0.15) is 11.6 Å². The summed E-state index contributed by atoms with van der Waals surface area (Å²) in [5, 5.41) is 15.4. The molecule has 3 heterocycles. The van der Waals surface area contributed by atoms with Crippen LogP contribution in [0.3, 0.4) is 0 Å². The van der Waals surface area contributed by atoms with Crippen LogP contribution in [0.2, 0.25) is 0 Å². The average molecular weight is 450 g/mol. The lowest BCUT2D eigenvalue weighted by Gasteiger charge is -2.40. The van der Waals surface area contributed by atoms with E-state index in [0.717, 1.165) is 41.8 Å². The molecular weight excluding hydrogens is 422 g/mol. The molecule has 0 saturated carbocycles. The molecule has 0 aliphatic carbocycles. The first-order valence-electron chi connectivity index (χ1n) is 10.8. The molecule has 1 fully saturated rings. The molecule has 1 atom stereocenters. The van der Waals surface area contributed by atoms with Crippen LogP contribution >= 0.6 is 11.3 Å². The molecule has 166 valence electrons. The Morgan fingerprint density at radius 2 is 1.78 bits per heavy atom. The van der Waals surface area contributed by atoms with Gasteiger partial charge in [0.05, 0.1) is 18.0 Å². The highest BCUT2D eigenvalue weighted by molar-refractivity contribution is 7.17. The highest BCUT2D eigenvalue weighted by Gasteiger charge is 2.31. The summed E-state index contributed by atoms with van der Waals surface area (Å²) in [7, 11) is 1.69. The Hall–Kier alpha value is -3.10. The fourth-order valence-electron chi connectivity index (χ4n) is 4.43. The lowest BCUT2D eigenvalue weighted by molar-refractivity contribution is 0.211. The van der Waals surface area contributed by atoms with Crippen LogP contribution in [-0.2, 0) is 0 Å². The minimum atomic E-state index is -0.0401.